The van der Waals surface area contributed by atoms with Gasteiger partial charge in [-0.05, 0) is 61.8 Å². The van der Waals surface area contributed by atoms with E-state index < -0.39 is 0 Å². The fourth-order valence-electron chi connectivity index (χ4n) is 4.19. The predicted molar refractivity (Wildman–Crippen MR) is 137 cm³/mol. The molecule has 0 saturated carbocycles. The number of halogens is 1. The average molecular weight is 510 g/mol. The van der Waals surface area contributed by atoms with Crippen molar-refractivity contribution in [2.24, 2.45) is 0 Å². The minimum absolute atomic E-state index is 0.108. The van der Waals surface area contributed by atoms with Gasteiger partial charge in [-0.2, -0.15) is 0 Å². The average Bonchev–Trinajstić information content (AvgIpc) is 2.92. The maximum atomic E-state index is 13.1. The molecule has 0 atom stereocenters. The number of ether oxygens (including phenoxy) is 2. The topological polar surface area (TPSA) is 109 Å². The molecule has 0 radical (unpaired) electrons. The molecule has 0 aliphatic carbocycles. The summed E-state index contributed by atoms with van der Waals surface area (Å²) in [5.41, 5.74) is 1.23. The summed E-state index contributed by atoms with van der Waals surface area (Å²) in [7, 11) is 1.51. The van der Waals surface area contributed by atoms with Crippen LogP contribution < -0.4 is 20.3 Å². The summed E-state index contributed by atoms with van der Waals surface area (Å²) in [5, 5.41) is 11.1. The number of hydrogen-bond donors (Lipinski definition) is 2. The number of benzene rings is 2. The van der Waals surface area contributed by atoms with E-state index in [1.165, 1.54) is 38.5 Å². The zero-order chi connectivity index (χ0) is 26.0. The van der Waals surface area contributed by atoms with Crippen LogP contribution in [0.3, 0.4) is 0 Å². The number of rotatable bonds is 11. The Bertz CT molecular complexity index is 1240. The number of carbonyl (C=O) groups is 1. The Morgan fingerprint density at radius 2 is 1.86 bits per heavy atom. The molecule has 1 fully saturated rings. The van der Waals surface area contributed by atoms with Crippen molar-refractivity contribution in [1.29, 1.82) is 0 Å². The second kappa shape index (κ2) is 13.0. The summed E-state index contributed by atoms with van der Waals surface area (Å²) < 4.78 is 24.3. The van der Waals surface area contributed by atoms with Crippen LogP contribution in [0.25, 0.3) is 11.4 Å². The number of piperidine rings is 1. The van der Waals surface area contributed by atoms with E-state index in [9.17, 15) is 14.0 Å². The van der Waals surface area contributed by atoms with E-state index in [0.29, 0.717) is 23.6 Å². The van der Waals surface area contributed by atoms with Gasteiger partial charge in [-0.1, -0.05) is 18.6 Å². The number of amides is 1. The lowest BCUT2D eigenvalue weighted by atomic mass is 10.1. The second-order valence-corrected chi connectivity index (χ2v) is 8.98. The van der Waals surface area contributed by atoms with E-state index in [2.05, 4.69) is 25.4 Å². The first-order valence-corrected chi connectivity index (χ1v) is 12.5. The van der Waals surface area contributed by atoms with Gasteiger partial charge in [-0.25, -0.2) is 4.39 Å². The molecule has 9 nitrogen and oxygen atoms in total. The molecule has 2 aromatic carbocycles. The highest BCUT2D eigenvalue weighted by Gasteiger charge is 2.13. The van der Waals surface area contributed by atoms with Gasteiger partial charge < -0.3 is 24.7 Å². The number of H-pyrrole nitrogens is 1. The van der Waals surface area contributed by atoms with Crippen molar-refractivity contribution in [2.75, 3.05) is 33.3 Å². The van der Waals surface area contributed by atoms with Gasteiger partial charge in [0.25, 0.3) is 5.56 Å². The van der Waals surface area contributed by atoms with Gasteiger partial charge in [0.2, 0.25) is 5.91 Å². The molecule has 1 aliphatic rings. The zero-order valence-corrected chi connectivity index (χ0v) is 21.0. The van der Waals surface area contributed by atoms with Crippen LogP contribution in [0.1, 0.15) is 36.9 Å². The minimum atomic E-state index is -0.387. The van der Waals surface area contributed by atoms with E-state index >= 15 is 0 Å². The molecule has 196 valence electrons. The van der Waals surface area contributed by atoms with Crippen molar-refractivity contribution in [3.63, 3.8) is 0 Å². The van der Waals surface area contributed by atoms with Crippen LogP contribution >= 0.6 is 0 Å². The lowest BCUT2D eigenvalue weighted by Gasteiger charge is -2.26. The summed E-state index contributed by atoms with van der Waals surface area (Å²) in [5.74, 6) is 0.811. The monoisotopic (exact) mass is 509 g/mol. The number of nitrogens with zero attached hydrogens (tertiary/aromatic N) is 3. The third kappa shape index (κ3) is 7.60. The largest absolute Gasteiger partial charge is 0.493 e. The molecule has 4 rings (SSSR count). The second-order valence-electron chi connectivity index (χ2n) is 8.98. The third-order valence-corrected chi connectivity index (χ3v) is 6.30. The Kier molecular flexibility index (Phi) is 9.20. The first-order chi connectivity index (χ1) is 18.0. The Balaban J connectivity index is 1.31. The molecule has 2 heterocycles. The molecular weight excluding hydrogens is 477 g/mol. The van der Waals surface area contributed by atoms with Crippen molar-refractivity contribution in [1.82, 2.24) is 25.4 Å². The zero-order valence-electron chi connectivity index (χ0n) is 21.0. The molecule has 1 aromatic heterocycles. The van der Waals surface area contributed by atoms with Gasteiger partial charge in [0, 0.05) is 31.5 Å². The van der Waals surface area contributed by atoms with Crippen LogP contribution in [0.15, 0.2) is 47.3 Å². The quantitative estimate of drug-likeness (QED) is 0.409. The minimum Gasteiger partial charge on any atom is -0.493 e. The number of aromatic nitrogens is 3. The molecule has 10 heteroatoms. The Morgan fingerprint density at radius 1 is 1.08 bits per heavy atom. The molecule has 3 aromatic rings. The molecule has 2 N–H and O–H groups in total. The first-order valence-electron chi connectivity index (χ1n) is 12.5. The Morgan fingerprint density at radius 3 is 2.59 bits per heavy atom. The molecule has 37 heavy (non-hydrogen) atoms. The van der Waals surface area contributed by atoms with Crippen molar-refractivity contribution >= 4 is 5.91 Å². The number of hydrogen-bond acceptors (Lipinski definition) is 7. The first kappa shape index (κ1) is 26.3. The molecule has 1 aliphatic heterocycles. The van der Waals surface area contributed by atoms with E-state index in [4.69, 9.17) is 9.47 Å². The predicted octanol–water partition coefficient (Wildman–Crippen LogP) is 3.09. The summed E-state index contributed by atoms with van der Waals surface area (Å²) in [6, 6.07) is 11.2. The van der Waals surface area contributed by atoms with E-state index in [1.807, 2.05) is 0 Å². The van der Waals surface area contributed by atoms with E-state index in [-0.39, 0.29) is 48.3 Å². The van der Waals surface area contributed by atoms with Gasteiger partial charge in [-0.15, -0.1) is 10.2 Å². The van der Waals surface area contributed by atoms with E-state index in [1.54, 1.807) is 30.3 Å². The van der Waals surface area contributed by atoms with Gasteiger partial charge in [0.1, 0.15) is 18.1 Å². The van der Waals surface area contributed by atoms with Crippen molar-refractivity contribution in [2.45, 2.75) is 38.7 Å². The number of nitrogens with one attached hydrogen (secondary N) is 2. The summed E-state index contributed by atoms with van der Waals surface area (Å²) in [6.45, 7) is 3.87. The van der Waals surface area contributed by atoms with Gasteiger partial charge in [0.15, 0.2) is 17.3 Å². The molecule has 0 bridgehead atoms. The fraction of sp³-hybridized carbons (Fsp3) is 0.407. The number of aryl methyl sites for hydroxylation is 1. The lowest BCUT2D eigenvalue weighted by Crippen LogP contribution is -2.37. The van der Waals surface area contributed by atoms with E-state index in [0.717, 1.165) is 25.2 Å². The molecule has 0 unspecified atom stereocenters. The van der Waals surface area contributed by atoms with Crippen LogP contribution in [0.2, 0.25) is 0 Å². The summed E-state index contributed by atoms with van der Waals surface area (Å²) in [4.78, 5) is 29.9. The van der Waals surface area contributed by atoms with Crippen molar-refractivity contribution in [3.8, 4) is 22.9 Å². The SMILES string of the molecule is COc1cc(-c2nnc(CCC(=O)NCCN3CCCCC3)c(=O)[nH]2)ccc1OCc1ccc(F)cc1. The van der Waals surface area contributed by atoms with Crippen LogP contribution in [0.5, 0.6) is 11.5 Å². The molecule has 1 amide bonds. The van der Waals surface area contributed by atoms with Crippen LogP contribution in [-0.4, -0.2) is 59.3 Å². The van der Waals surface area contributed by atoms with Gasteiger partial charge in [-0.3, -0.25) is 9.59 Å². The summed E-state index contributed by atoms with van der Waals surface area (Å²) in [6.07, 6.45) is 4.09. The maximum Gasteiger partial charge on any atom is 0.273 e. The normalized spacial score (nSPS) is 13.8. The van der Waals surface area contributed by atoms with Crippen molar-refractivity contribution in [3.05, 3.63) is 69.9 Å². The number of likely N-dealkylation sites (tertiary alicyclic amines) is 1. The lowest BCUT2D eigenvalue weighted by molar-refractivity contribution is -0.121. The third-order valence-electron chi connectivity index (χ3n) is 6.30. The van der Waals surface area contributed by atoms with Crippen molar-refractivity contribution < 1.29 is 18.7 Å². The van der Waals surface area contributed by atoms with Gasteiger partial charge >= 0.3 is 0 Å². The Hall–Kier alpha value is -3.79. The smallest absolute Gasteiger partial charge is 0.273 e. The Labute approximate surface area is 215 Å². The highest BCUT2D eigenvalue weighted by molar-refractivity contribution is 5.76. The molecule has 0 spiro atoms. The summed E-state index contributed by atoms with van der Waals surface area (Å²) >= 11 is 0. The highest BCUT2D eigenvalue weighted by Crippen LogP contribution is 2.31. The molecule has 1 saturated heterocycles. The fourth-order valence-corrected chi connectivity index (χ4v) is 4.19. The maximum absolute atomic E-state index is 13.1. The van der Waals surface area contributed by atoms with Gasteiger partial charge in [0.05, 0.1) is 7.11 Å². The standard InChI is InChI=1S/C27H32FN5O4/c1-36-24-17-20(7-11-23(24)37-18-19-5-8-21(28)9-6-19)26-30-27(35)22(31-32-26)10-12-25(34)29-13-16-33-14-3-2-4-15-33/h5-9,11,17H,2-4,10,12-16,18H2,1H3,(H,29,34)(H,30,32,35). The number of aromatic amines is 1. The van der Waals surface area contributed by atoms with Crippen LogP contribution in [0, 0.1) is 5.82 Å². The van der Waals surface area contributed by atoms with Crippen LogP contribution in [-0.2, 0) is 17.8 Å². The number of carbonyl (C=O) groups excluding carboxylic acids is 1. The van der Waals surface area contributed by atoms with Crippen LogP contribution in [0.4, 0.5) is 4.39 Å². The molecular formula is C27H32FN5O4. The highest BCUT2D eigenvalue weighted by atomic mass is 19.1. The number of methoxy groups -OCH3 is 1.